The average molecular weight is 245 g/mol. The molecule has 0 amide bonds. The maximum atomic E-state index is 10.7. The van der Waals surface area contributed by atoms with Gasteiger partial charge in [-0.1, -0.05) is 0 Å². The van der Waals surface area contributed by atoms with Gasteiger partial charge >= 0.3 is 0 Å². The Morgan fingerprint density at radius 2 is 2.29 bits per heavy atom. The molecule has 0 saturated carbocycles. The van der Waals surface area contributed by atoms with Gasteiger partial charge < -0.3 is 10.2 Å². The molecule has 0 aliphatic rings. The molecule has 0 saturated heterocycles. The number of rotatable bonds is 2. The summed E-state index contributed by atoms with van der Waals surface area (Å²) in [5.74, 6) is 1.34. The van der Waals surface area contributed by atoms with Crippen molar-refractivity contribution in [3.63, 3.8) is 0 Å². The lowest BCUT2D eigenvalue weighted by molar-refractivity contribution is 0.112. The van der Waals surface area contributed by atoms with Gasteiger partial charge in [-0.05, 0) is 18.2 Å². The van der Waals surface area contributed by atoms with Gasteiger partial charge in [-0.15, -0.1) is 11.3 Å². The molecule has 3 aromatic rings. The highest BCUT2D eigenvalue weighted by Crippen LogP contribution is 2.29. The summed E-state index contributed by atoms with van der Waals surface area (Å²) in [5, 5.41) is 0.701. The van der Waals surface area contributed by atoms with Crippen molar-refractivity contribution in [3.8, 4) is 11.6 Å². The molecule has 84 valence electrons. The molecule has 0 radical (unpaired) electrons. The lowest BCUT2D eigenvalue weighted by atomic mass is 10.3. The fraction of sp³-hybridized carbons (Fsp3) is 0. The summed E-state index contributed by atoms with van der Waals surface area (Å²) in [4.78, 5) is 20.4. The van der Waals surface area contributed by atoms with Crippen LogP contribution in [0.3, 0.4) is 0 Å². The molecule has 3 rings (SSSR count). The number of nitrogens with two attached hydrogens (primary N) is 1. The molecule has 0 unspecified atom stereocenters. The summed E-state index contributed by atoms with van der Waals surface area (Å²) in [5.41, 5.74) is 5.83. The van der Waals surface area contributed by atoms with E-state index in [1.165, 1.54) is 11.3 Å². The third kappa shape index (κ3) is 1.58. The second-order valence-corrected chi connectivity index (χ2v) is 4.46. The molecule has 0 aliphatic carbocycles. The van der Waals surface area contributed by atoms with E-state index < -0.39 is 0 Å². The summed E-state index contributed by atoms with van der Waals surface area (Å²) >= 11 is 1.28. The molecule has 3 aromatic heterocycles. The smallest absolute Gasteiger partial charge is 0.199 e. The minimum atomic E-state index is 0.353. The van der Waals surface area contributed by atoms with Crippen LogP contribution in [0, 0.1) is 0 Å². The zero-order chi connectivity index (χ0) is 11.8. The Bertz CT molecular complexity index is 688. The van der Waals surface area contributed by atoms with Gasteiger partial charge in [0.05, 0.1) is 16.5 Å². The molecular weight excluding hydrogens is 238 g/mol. The Morgan fingerprint density at radius 3 is 3.00 bits per heavy atom. The summed E-state index contributed by atoms with van der Waals surface area (Å²) in [7, 11) is 0. The summed E-state index contributed by atoms with van der Waals surface area (Å²) in [6.07, 6.45) is 2.32. The van der Waals surface area contributed by atoms with Gasteiger partial charge in [-0.3, -0.25) is 4.79 Å². The van der Waals surface area contributed by atoms with Crippen molar-refractivity contribution < 1.29 is 9.21 Å². The van der Waals surface area contributed by atoms with E-state index in [9.17, 15) is 4.79 Å². The van der Waals surface area contributed by atoms with Gasteiger partial charge in [-0.25, -0.2) is 9.97 Å². The molecule has 0 fully saturated rings. The molecule has 0 aliphatic heterocycles. The Kier molecular flexibility index (Phi) is 2.15. The van der Waals surface area contributed by atoms with Gasteiger partial charge in [0.1, 0.15) is 10.6 Å². The van der Waals surface area contributed by atoms with Crippen LogP contribution in [0.25, 0.3) is 21.8 Å². The van der Waals surface area contributed by atoms with Crippen LogP contribution in [0.15, 0.2) is 28.9 Å². The zero-order valence-electron chi connectivity index (χ0n) is 8.58. The van der Waals surface area contributed by atoms with E-state index in [0.717, 1.165) is 6.29 Å². The number of aldehydes is 1. The van der Waals surface area contributed by atoms with Crippen molar-refractivity contribution in [1.29, 1.82) is 0 Å². The van der Waals surface area contributed by atoms with Gasteiger partial charge in [0.15, 0.2) is 17.9 Å². The Balaban J connectivity index is 2.26. The predicted octanol–water partition coefficient (Wildman–Crippen LogP) is 2.35. The highest BCUT2D eigenvalue weighted by molar-refractivity contribution is 7.20. The molecule has 6 heteroatoms. The fourth-order valence-corrected chi connectivity index (χ4v) is 2.39. The van der Waals surface area contributed by atoms with E-state index in [2.05, 4.69) is 9.97 Å². The molecular formula is C11H7N3O2S. The van der Waals surface area contributed by atoms with Crippen LogP contribution >= 0.6 is 11.3 Å². The predicted molar refractivity (Wildman–Crippen MR) is 64.9 cm³/mol. The quantitative estimate of drug-likeness (QED) is 0.701. The molecule has 2 N–H and O–H groups in total. The number of hydrogen-bond acceptors (Lipinski definition) is 6. The second kappa shape index (κ2) is 3.67. The number of anilines is 1. The highest BCUT2D eigenvalue weighted by Gasteiger charge is 2.12. The van der Waals surface area contributed by atoms with Crippen molar-refractivity contribution in [3.05, 3.63) is 29.3 Å². The van der Waals surface area contributed by atoms with E-state index in [0.29, 0.717) is 32.5 Å². The highest BCUT2D eigenvalue weighted by atomic mass is 32.1. The standard InChI is InChI=1S/C11H7N3O2S/c12-9-7-4-6(5-15)17-11(7)14-10(13-9)8-2-1-3-16-8/h1-5H,(H2,12,13,14). The Labute approximate surface area is 99.9 Å². The third-order valence-electron chi connectivity index (χ3n) is 2.30. The van der Waals surface area contributed by atoms with Crippen LogP contribution in [-0.2, 0) is 0 Å². The van der Waals surface area contributed by atoms with Crippen molar-refractivity contribution >= 4 is 33.7 Å². The summed E-state index contributed by atoms with van der Waals surface area (Å²) in [6.45, 7) is 0. The first-order chi connectivity index (χ1) is 8.28. The molecule has 0 atom stereocenters. The second-order valence-electron chi connectivity index (χ2n) is 3.40. The van der Waals surface area contributed by atoms with Crippen LogP contribution in [0.2, 0.25) is 0 Å². The summed E-state index contributed by atoms with van der Waals surface area (Å²) < 4.78 is 5.21. The molecule has 17 heavy (non-hydrogen) atoms. The number of aromatic nitrogens is 2. The van der Waals surface area contributed by atoms with Gasteiger partial charge in [-0.2, -0.15) is 0 Å². The zero-order valence-corrected chi connectivity index (χ0v) is 9.40. The monoisotopic (exact) mass is 245 g/mol. The maximum Gasteiger partial charge on any atom is 0.199 e. The van der Waals surface area contributed by atoms with Crippen molar-refractivity contribution in [2.45, 2.75) is 0 Å². The topological polar surface area (TPSA) is 82.0 Å². The van der Waals surface area contributed by atoms with Crippen LogP contribution in [0.4, 0.5) is 5.82 Å². The Hall–Kier alpha value is -2.21. The average Bonchev–Trinajstić information content (AvgIpc) is 2.97. The molecule has 0 bridgehead atoms. The third-order valence-corrected chi connectivity index (χ3v) is 3.25. The minimum absolute atomic E-state index is 0.353. The van der Waals surface area contributed by atoms with Crippen molar-refractivity contribution in [2.75, 3.05) is 5.73 Å². The van der Waals surface area contributed by atoms with E-state index >= 15 is 0 Å². The number of fused-ring (bicyclic) bond motifs is 1. The fourth-order valence-electron chi connectivity index (χ4n) is 1.54. The lowest BCUT2D eigenvalue weighted by Gasteiger charge is -1.98. The van der Waals surface area contributed by atoms with E-state index in [1.54, 1.807) is 24.5 Å². The molecule has 0 spiro atoms. The van der Waals surface area contributed by atoms with Gasteiger partial charge in [0, 0.05) is 0 Å². The van der Waals surface area contributed by atoms with Crippen LogP contribution in [0.5, 0.6) is 0 Å². The van der Waals surface area contributed by atoms with E-state index in [-0.39, 0.29) is 0 Å². The van der Waals surface area contributed by atoms with Crippen molar-refractivity contribution in [1.82, 2.24) is 9.97 Å². The van der Waals surface area contributed by atoms with E-state index in [1.807, 2.05) is 0 Å². The maximum absolute atomic E-state index is 10.7. The van der Waals surface area contributed by atoms with Crippen LogP contribution in [-0.4, -0.2) is 16.3 Å². The van der Waals surface area contributed by atoms with Gasteiger partial charge in [0.2, 0.25) is 0 Å². The van der Waals surface area contributed by atoms with Crippen molar-refractivity contribution in [2.24, 2.45) is 0 Å². The lowest BCUT2D eigenvalue weighted by Crippen LogP contribution is -1.95. The van der Waals surface area contributed by atoms with Crippen LogP contribution in [0.1, 0.15) is 9.67 Å². The summed E-state index contributed by atoms with van der Waals surface area (Å²) in [6, 6.07) is 5.20. The first-order valence-corrected chi connectivity index (χ1v) is 5.65. The number of carbonyl (C=O) groups excluding carboxylic acids is 1. The first kappa shape index (κ1) is 9.98. The van der Waals surface area contributed by atoms with Crippen LogP contribution < -0.4 is 5.73 Å². The Morgan fingerprint density at radius 1 is 1.41 bits per heavy atom. The number of nitrogens with zero attached hydrogens (tertiary/aromatic N) is 2. The van der Waals surface area contributed by atoms with E-state index in [4.69, 9.17) is 10.2 Å². The van der Waals surface area contributed by atoms with Gasteiger partial charge in [0.25, 0.3) is 0 Å². The SMILES string of the molecule is Nc1nc(-c2ccco2)nc2sc(C=O)cc12. The number of carbonyl (C=O) groups is 1. The number of hydrogen-bond donors (Lipinski definition) is 1. The molecule has 3 heterocycles. The molecule has 0 aromatic carbocycles. The number of nitrogen functional groups attached to an aromatic ring is 1. The number of furan rings is 1. The first-order valence-electron chi connectivity index (χ1n) is 4.84. The normalized spacial score (nSPS) is 10.8. The number of thiophene rings is 1. The minimum Gasteiger partial charge on any atom is -0.461 e. The molecule has 5 nitrogen and oxygen atoms in total. The largest absolute Gasteiger partial charge is 0.461 e.